The summed E-state index contributed by atoms with van der Waals surface area (Å²) in [6, 6.07) is 1.28. The van der Waals surface area contributed by atoms with E-state index in [1.807, 2.05) is 0 Å². The number of aromatic nitrogens is 1. The maximum atomic E-state index is 12.8. The topological polar surface area (TPSA) is 92.8 Å². The van der Waals surface area contributed by atoms with Gasteiger partial charge in [0.2, 0.25) is 0 Å². The number of piperidine rings is 1. The van der Waals surface area contributed by atoms with Gasteiger partial charge in [-0.2, -0.15) is 0 Å². The number of nitrogens with one attached hydrogen (secondary N) is 2. The number of hydrogen-bond acceptors (Lipinski definition) is 6. The summed E-state index contributed by atoms with van der Waals surface area (Å²) < 4.78 is 10.5. The predicted octanol–water partition coefficient (Wildman–Crippen LogP) is 0.273. The van der Waals surface area contributed by atoms with Crippen LogP contribution in [0.25, 0.3) is 0 Å². The molecule has 2 aliphatic rings. The van der Waals surface area contributed by atoms with Gasteiger partial charge in [0.05, 0.1) is 20.8 Å². The molecular weight excluding hydrogens is 300 g/mol. The number of pyridine rings is 1. The van der Waals surface area contributed by atoms with Gasteiger partial charge < -0.3 is 20.1 Å². The Kier molecular flexibility index (Phi) is 4.08. The van der Waals surface area contributed by atoms with Crippen molar-refractivity contribution >= 4 is 11.9 Å². The summed E-state index contributed by atoms with van der Waals surface area (Å²) in [5.74, 6) is 0.749. The number of methoxy groups -OCH3 is 2. The first-order valence-corrected chi connectivity index (χ1v) is 7.52. The lowest BCUT2D eigenvalue weighted by Gasteiger charge is -2.31. The van der Waals surface area contributed by atoms with Gasteiger partial charge in [0.15, 0.2) is 11.5 Å². The Hall–Kier alpha value is -2.35. The van der Waals surface area contributed by atoms with Crippen LogP contribution in [-0.2, 0) is 11.3 Å². The molecule has 2 N–H and O–H groups in total. The summed E-state index contributed by atoms with van der Waals surface area (Å²) in [4.78, 5) is 30.5. The number of urea groups is 1. The lowest BCUT2D eigenvalue weighted by Crippen LogP contribution is -2.53. The molecule has 124 valence electrons. The fourth-order valence-corrected chi connectivity index (χ4v) is 3.13. The summed E-state index contributed by atoms with van der Waals surface area (Å²) in [7, 11) is 3.03. The normalized spacial score (nSPS) is 19.8. The molecule has 3 amide bonds. The first kappa shape index (κ1) is 15.5. The number of carbonyl (C=O) groups excluding carboxylic acids is 2. The third-order valence-corrected chi connectivity index (χ3v) is 4.38. The van der Waals surface area contributed by atoms with Crippen molar-refractivity contribution in [1.82, 2.24) is 20.5 Å². The molecule has 0 unspecified atom stereocenters. The zero-order valence-corrected chi connectivity index (χ0v) is 13.2. The van der Waals surface area contributed by atoms with E-state index in [9.17, 15) is 9.59 Å². The summed E-state index contributed by atoms with van der Waals surface area (Å²) in [5, 5.41) is 6.05. The van der Waals surface area contributed by atoms with Gasteiger partial charge in [-0.15, -0.1) is 0 Å². The Balaban J connectivity index is 1.86. The number of rotatable bonds is 4. The van der Waals surface area contributed by atoms with Crippen LogP contribution in [0.15, 0.2) is 12.3 Å². The molecule has 0 aliphatic carbocycles. The molecule has 1 spiro atoms. The molecule has 0 radical (unpaired) electrons. The van der Waals surface area contributed by atoms with Crippen LogP contribution in [-0.4, -0.2) is 54.7 Å². The highest BCUT2D eigenvalue weighted by Crippen LogP contribution is 2.32. The van der Waals surface area contributed by atoms with E-state index in [1.54, 1.807) is 12.3 Å². The average Bonchev–Trinajstić information content (AvgIpc) is 2.79. The maximum Gasteiger partial charge on any atom is 0.325 e. The largest absolute Gasteiger partial charge is 0.493 e. The predicted molar refractivity (Wildman–Crippen MR) is 81.3 cm³/mol. The lowest BCUT2D eigenvalue weighted by atomic mass is 9.88. The molecule has 0 bridgehead atoms. The summed E-state index contributed by atoms with van der Waals surface area (Å²) in [5.41, 5.74) is -0.296. The second-order valence-corrected chi connectivity index (χ2v) is 5.65. The molecule has 8 heteroatoms. The molecule has 0 atom stereocenters. The molecule has 0 aromatic carbocycles. The fourth-order valence-electron chi connectivity index (χ4n) is 3.13. The quantitative estimate of drug-likeness (QED) is 0.774. The third-order valence-electron chi connectivity index (χ3n) is 4.38. The monoisotopic (exact) mass is 320 g/mol. The first-order chi connectivity index (χ1) is 11.1. The van der Waals surface area contributed by atoms with Crippen LogP contribution in [0.5, 0.6) is 11.5 Å². The third kappa shape index (κ3) is 2.59. The van der Waals surface area contributed by atoms with E-state index in [4.69, 9.17) is 9.47 Å². The van der Waals surface area contributed by atoms with Crippen LogP contribution in [0, 0.1) is 0 Å². The Bertz CT molecular complexity index is 628. The second kappa shape index (κ2) is 6.04. The minimum atomic E-state index is -0.783. The number of amides is 3. The molecule has 8 nitrogen and oxygen atoms in total. The van der Waals surface area contributed by atoms with Crippen LogP contribution in [0.4, 0.5) is 4.79 Å². The average molecular weight is 320 g/mol. The highest BCUT2D eigenvalue weighted by Gasteiger charge is 2.51. The van der Waals surface area contributed by atoms with Crippen molar-refractivity contribution in [2.75, 3.05) is 27.3 Å². The van der Waals surface area contributed by atoms with Gasteiger partial charge in [-0.25, -0.2) is 4.79 Å². The molecule has 0 saturated carbocycles. The molecule has 3 heterocycles. The minimum absolute atomic E-state index is 0.0558. The second-order valence-electron chi connectivity index (χ2n) is 5.65. The van der Waals surface area contributed by atoms with Crippen molar-refractivity contribution in [1.29, 1.82) is 0 Å². The molecular formula is C15H20N4O4. The van der Waals surface area contributed by atoms with E-state index >= 15 is 0 Å². The van der Waals surface area contributed by atoms with E-state index in [1.165, 1.54) is 19.1 Å². The van der Waals surface area contributed by atoms with Gasteiger partial charge in [0.25, 0.3) is 5.91 Å². The van der Waals surface area contributed by atoms with Gasteiger partial charge in [-0.05, 0) is 25.9 Å². The smallest absolute Gasteiger partial charge is 0.325 e. The molecule has 3 rings (SSSR count). The van der Waals surface area contributed by atoms with E-state index < -0.39 is 5.54 Å². The number of nitrogens with zero attached hydrogens (tertiary/aromatic N) is 2. The Labute approximate surface area is 134 Å². The summed E-state index contributed by atoms with van der Waals surface area (Å²) >= 11 is 0. The van der Waals surface area contributed by atoms with Crippen molar-refractivity contribution < 1.29 is 19.1 Å². The summed E-state index contributed by atoms with van der Waals surface area (Å²) in [6.45, 7) is 1.47. The fraction of sp³-hybridized carbons (Fsp3) is 0.533. The highest BCUT2D eigenvalue weighted by atomic mass is 16.5. The van der Waals surface area contributed by atoms with Crippen molar-refractivity contribution in [3.63, 3.8) is 0 Å². The SMILES string of the molecule is COc1ccnc(CN2C(=O)NC3(CCNCC3)C2=O)c1OC. The Morgan fingerprint density at radius 1 is 1.26 bits per heavy atom. The number of ether oxygens (including phenoxy) is 2. The standard InChI is InChI=1S/C15H20N4O4/c1-22-11-3-6-17-10(12(11)23-2)9-19-13(20)15(18-14(19)21)4-7-16-8-5-15/h3,6,16H,4-5,7-9H2,1-2H3,(H,18,21). The minimum Gasteiger partial charge on any atom is -0.493 e. The summed E-state index contributed by atoms with van der Waals surface area (Å²) in [6.07, 6.45) is 2.75. The van der Waals surface area contributed by atoms with E-state index in [0.29, 0.717) is 43.1 Å². The van der Waals surface area contributed by atoms with Crippen molar-refractivity contribution in [3.05, 3.63) is 18.0 Å². The van der Waals surface area contributed by atoms with Crippen molar-refractivity contribution in [3.8, 4) is 11.5 Å². The Morgan fingerprint density at radius 3 is 2.65 bits per heavy atom. The number of carbonyl (C=O) groups is 2. The number of hydrogen-bond donors (Lipinski definition) is 2. The van der Waals surface area contributed by atoms with Gasteiger partial charge in [0.1, 0.15) is 11.2 Å². The molecule has 2 saturated heterocycles. The Morgan fingerprint density at radius 2 is 2.00 bits per heavy atom. The molecule has 23 heavy (non-hydrogen) atoms. The van der Waals surface area contributed by atoms with E-state index in [-0.39, 0.29) is 18.5 Å². The first-order valence-electron chi connectivity index (χ1n) is 7.52. The van der Waals surface area contributed by atoms with Gasteiger partial charge in [-0.3, -0.25) is 14.7 Å². The van der Waals surface area contributed by atoms with E-state index in [0.717, 1.165) is 0 Å². The molecule has 1 aromatic rings. The van der Waals surface area contributed by atoms with Crippen LogP contribution in [0.3, 0.4) is 0 Å². The molecule has 2 aliphatic heterocycles. The van der Waals surface area contributed by atoms with Crippen LogP contribution in [0.1, 0.15) is 18.5 Å². The van der Waals surface area contributed by atoms with Gasteiger partial charge in [0, 0.05) is 12.3 Å². The molecule has 2 fully saturated rings. The van der Waals surface area contributed by atoms with Crippen LogP contribution >= 0.6 is 0 Å². The maximum absolute atomic E-state index is 12.8. The highest BCUT2D eigenvalue weighted by molar-refractivity contribution is 6.07. The molecule has 1 aromatic heterocycles. The van der Waals surface area contributed by atoms with Gasteiger partial charge >= 0.3 is 6.03 Å². The number of imide groups is 1. The van der Waals surface area contributed by atoms with E-state index in [2.05, 4.69) is 15.6 Å². The van der Waals surface area contributed by atoms with Crippen LogP contribution < -0.4 is 20.1 Å². The van der Waals surface area contributed by atoms with Crippen molar-refractivity contribution in [2.24, 2.45) is 0 Å². The zero-order chi connectivity index (χ0) is 16.4. The van der Waals surface area contributed by atoms with Gasteiger partial charge in [-0.1, -0.05) is 0 Å². The lowest BCUT2D eigenvalue weighted by molar-refractivity contribution is -0.132. The zero-order valence-electron chi connectivity index (χ0n) is 13.2. The van der Waals surface area contributed by atoms with Crippen molar-refractivity contribution in [2.45, 2.75) is 24.9 Å². The van der Waals surface area contributed by atoms with Crippen LogP contribution in [0.2, 0.25) is 0 Å².